The summed E-state index contributed by atoms with van der Waals surface area (Å²) in [7, 11) is 1.51. The van der Waals surface area contributed by atoms with Crippen molar-refractivity contribution in [2.75, 3.05) is 25.1 Å². The van der Waals surface area contributed by atoms with Crippen molar-refractivity contribution in [2.45, 2.75) is 12.5 Å². The van der Waals surface area contributed by atoms with Gasteiger partial charge in [0.15, 0.2) is 5.82 Å². The minimum atomic E-state index is -0.304. The zero-order valence-corrected chi connectivity index (χ0v) is 9.11. The molecule has 0 radical (unpaired) electrons. The SMILES string of the molecule is COc1ncc(Cl)c(N2CC[C@H](O)C2)n1. The highest BCUT2D eigenvalue weighted by molar-refractivity contribution is 6.32. The Kier molecular flexibility index (Phi) is 2.93. The molecular weight excluding hydrogens is 218 g/mol. The Morgan fingerprint density at radius 1 is 1.67 bits per heavy atom. The Labute approximate surface area is 92.7 Å². The van der Waals surface area contributed by atoms with Crippen molar-refractivity contribution in [1.82, 2.24) is 9.97 Å². The summed E-state index contributed by atoms with van der Waals surface area (Å²) in [4.78, 5) is 9.98. The normalized spacial score (nSPS) is 20.7. The highest BCUT2D eigenvalue weighted by Gasteiger charge is 2.23. The van der Waals surface area contributed by atoms with Gasteiger partial charge in [0.25, 0.3) is 0 Å². The van der Waals surface area contributed by atoms with Gasteiger partial charge in [0.05, 0.1) is 19.4 Å². The molecule has 1 N–H and O–H groups in total. The van der Waals surface area contributed by atoms with Crippen LogP contribution in [0.1, 0.15) is 6.42 Å². The van der Waals surface area contributed by atoms with Crippen molar-refractivity contribution in [2.24, 2.45) is 0 Å². The van der Waals surface area contributed by atoms with Gasteiger partial charge in [0.2, 0.25) is 0 Å². The maximum Gasteiger partial charge on any atom is 0.318 e. The van der Waals surface area contributed by atoms with E-state index in [1.54, 1.807) is 0 Å². The third-order valence-electron chi connectivity index (χ3n) is 2.35. The van der Waals surface area contributed by atoms with Crippen LogP contribution in [0.4, 0.5) is 5.82 Å². The van der Waals surface area contributed by atoms with Crippen molar-refractivity contribution < 1.29 is 9.84 Å². The van der Waals surface area contributed by atoms with Gasteiger partial charge in [-0.1, -0.05) is 11.6 Å². The van der Waals surface area contributed by atoms with E-state index < -0.39 is 0 Å². The fourth-order valence-electron chi connectivity index (χ4n) is 1.60. The smallest absolute Gasteiger partial charge is 0.318 e. The topological polar surface area (TPSA) is 58.5 Å². The monoisotopic (exact) mass is 229 g/mol. The summed E-state index contributed by atoms with van der Waals surface area (Å²) in [6.45, 7) is 1.31. The summed E-state index contributed by atoms with van der Waals surface area (Å²) in [5, 5.41) is 9.90. The van der Waals surface area contributed by atoms with Crippen molar-refractivity contribution in [3.05, 3.63) is 11.2 Å². The van der Waals surface area contributed by atoms with Crippen LogP contribution in [-0.2, 0) is 0 Å². The van der Waals surface area contributed by atoms with Crippen LogP contribution < -0.4 is 9.64 Å². The molecule has 1 saturated heterocycles. The van der Waals surface area contributed by atoms with Gasteiger partial charge < -0.3 is 14.7 Å². The standard InChI is InChI=1S/C9H12ClN3O2/c1-15-9-11-4-7(10)8(12-9)13-3-2-6(14)5-13/h4,6,14H,2-3,5H2,1H3/t6-/m0/s1. The highest BCUT2D eigenvalue weighted by Crippen LogP contribution is 2.27. The highest BCUT2D eigenvalue weighted by atomic mass is 35.5. The summed E-state index contributed by atoms with van der Waals surface area (Å²) in [6.07, 6.45) is 1.94. The summed E-state index contributed by atoms with van der Waals surface area (Å²) < 4.78 is 4.93. The Morgan fingerprint density at radius 2 is 2.47 bits per heavy atom. The average molecular weight is 230 g/mol. The van der Waals surface area contributed by atoms with Gasteiger partial charge in [0.1, 0.15) is 5.02 Å². The lowest BCUT2D eigenvalue weighted by Crippen LogP contribution is -2.22. The van der Waals surface area contributed by atoms with Crippen LogP contribution in [0.2, 0.25) is 5.02 Å². The minimum Gasteiger partial charge on any atom is -0.467 e. The first kappa shape index (κ1) is 10.4. The molecule has 0 aromatic carbocycles. The van der Waals surface area contributed by atoms with Crippen molar-refractivity contribution >= 4 is 17.4 Å². The van der Waals surface area contributed by atoms with Gasteiger partial charge in [-0.2, -0.15) is 4.98 Å². The first-order valence-electron chi connectivity index (χ1n) is 4.70. The van der Waals surface area contributed by atoms with Crippen molar-refractivity contribution in [3.63, 3.8) is 0 Å². The summed E-state index contributed by atoms with van der Waals surface area (Å²) in [5.41, 5.74) is 0. The predicted octanol–water partition coefficient (Wildman–Crippen LogP) is 0.710. The van der Waals surface area contributed by atoms with Crippen molar-refractivity contribution in [1.29, 1.82) is 0 Å². The quantitative estimate of drug-likeness (QED) is 0.810. The second-order valence-electron chi connectivity index (χ2n) is 3.42. The molecule has 2 heterocycles. The number of aromatic nitrogens is 2. The molecule has 2 rings (SSSR count). The number of ether oxygens (including phenoxy) is 1. The molecule has 0 saturated carbocycles. The molecule has 0 unspecified atom stereocenters. The lowest BCUT2D eigenvalue weighted by molar-refractivity contribution is 0.198. The number of aliphatic hydroxyl groups excluding tert-OH is 1. The van der Waals surface area contributed by atoms with E-state index in [-0.39, 0.29) is 12.1 Å². The van der Waals surface area contributed by atoms with E-state index in [1.807, 2.05) is 4.90 Å². The van der Waals surface area contributed by atoms with Crippen LogP contribution in [-0.4, -0.2) is 41.4 Å². The number of anilines is 1. The molecule has 1 fully saturated rings. The zero-order chi connectivity index (χ0) is 10.8. The summed E-state index contributed by atoms with van der Waals surface area (Å²) in [5.74, 6) is 0.625. The molecule has 1 aromatic rings. The lowest BCUT2D eigenvalue weighted by atomic mass is 10.3. The maximum atomic E-state index is 9.42. The van der Waals surface area contributed by atoms with E-state index in [1.165, 1.54) is 13.3 Å². The molecular formula is C9H12ClN3O2. The molecule has 1 aromatic heterocycles. The Balaban J connectivity index is 2.26. The van der Waals surface area contributed by atoms with E-state index in [2.05, 4.69) is 9.97 Å². The number of aliphatic hydroxyl groups is 1. The first-order chi connectivity index (χ1) is 7.20. The van der Waals surface area contributed by atoms with Crippen LogP contribution >= 0.6 is 11.6 Å². The third kappa shape index (κ3) is 2.13. The molecule has 6 heteroatoms. The first-order valence-corrected chi connectivity index (χ1v) is 5.08. The van der Waals surface area contributed by atoms with E-state index in [4.69, 9.17) is 16.3 Å². The minimum absolute atomic E-state index is 0.288. The number of methoxy groups -OCH3 is 1. The number of rotatable bonds is 2. The number of hydrogen-bond donors (Lipinski definition) is 1. The molecule has 1 atom stereocenters. The fourth-order valence-corrected chi connectivity index (χ4v) is 1.81. The Hall–Kier alpha value is -1.07. The molecule has 15 heavy (non-hydrogen) atoms. The van der Waals surface area contributed by atoms with Crippen LogP contribution in [0.3, 0.4) is 0 Å². The van der Waals surface area contributed by atoms with E-state index in [0.717, 1.165) is 13.0 Å². The molecule has 0 spiro atoms. The second-order valence-corrected chi connectivity index (χ2v) is 3.82. The van der Waals surface area contributed by atoms with E-state index in [0.29, 0.717) is 17.4 Å². The number of hydrogen-bond acceptors (Lipinski definition) is 5. The second kappa shape index (κ2) is 4.20. The third-order valence-corrected chi connectivity index (χ3v) is 2.62. The molecule has 1 aliphatic rings. The van der Waals surface area contributed by atoms with Crippen molar-refractivity contribution in [3.8, 4) is 6.01 Å². The molecule has 0 aliphatic carbocycles. The van der Waals surface area contributed by atoms with Crippen LogP contribution in [0.25, 0.3) is 0 Å². The zero-order valence-electron chi connectivity index (χ0n) is 8.35. The molecule has 1 aliphatic heterocycles. The average Bonchev–Trinajstić information content (AvgIpc) is 2.65. The number of halogens is 1. The van der Waals surface area contributed by atoms with Gasteiger partial charge in [0, 0.05) is 13.1 Å². The number of nitrogens with zero attached hydrogens (tertiary/aromatic N) is 3. The molecule has 0 amide bonds. The van der Waals surface area contributed by atoms with Gasteiger partial charge in [-0.3, -0.25) is 0 Å². The van der Waals surface area contributed by atoms with Gasteiger partial charge >= 0.3 is 6.01 Å². The van der Waals surface area contributed by atoms with Gasteiger partial charge in [-0.25, -0.2) is 4.98 Å². The lowest BCUT2D eigenvalue weighted by Gasteiger charge is -2.17. The molecule has 5 nitrogen and oxygen atoms in total. The molecule has 82 valence electrons. The van der Waals surface area contributed by atoms with Crippen LogP contribution in [0.5, 0.6) is 6.01 Å². The summed E-state index contributed by atoms with van der Waals surface area (Å²) in [6, 6.07) is 0.288. The Morgan fingerprint density at radius 3 is 3.07 bits per heavy atom. The maximum absolute atomic E-state index is 9.42. The fraction of sp³-hybridized carbons (Fsp3) is 0.556. The largest absolute Gasteiger partial charge is 0.467 e. The van der Waals surface area contributed by atoms with E-state index in [9.17, 15) is 5.11 Å². The van der Waals surface area contributed by atoms with Gasteiger partial charge in [-0.05, 0) is 6.42 Å². The summed E-state index contributed by atoms with van der Waals surface area (Å²) >= 11 is 5.98. The number of β-amino-alcohol motifs (C(OH)–C–C–N with tert-alkyl or cyclic N) is 1. The van der Waals surface area contributed by atoms with Crippen LogP contribution in [0, 0.1) is 0 Å². The predicted molar refractivity (Wildman–Crippen MR) is 56.4 cm³/mol. The van der Waals surface area contributed by atoms with Crippen LogP contribution in [0.15, 0.2) is 6.20 Å². The Bertz CT molecular complexity index is 361. The van der Waals surface area contributed by atoms with Gasteiger partial charge in [-0.15, -0.1) is 0 Å². The molecule has 0 bridgehead atoms. The van der Waals surface area contributed by atoms with E-state index >= 15 is 0 Å².